The highest BCUT2D eigenvalue weighted by Crippen LogP contribution is 1.98. The third kappa shape index (κ3) is 5.68. The van der Waals surface area contributed by atoms with Crippen LogP contribution in [0.3, 0.4) is 0 Å². The Hall–Kier alpha value is -0.920. The maximum Gasteiger partial charge on any atom is 0.172 e. The van der Waals surface area contributed by atoms with E-state index in [0.717, 1.165) is 6.54 Å². The van der Waals surface area contributed by atoms with E-state index in [2.05, 4.69) is 6.07 Å². The van der Waals surface area contributed by atoms with E-state index in [1.807, 2.05) is 18.7 Å². The molecule has 0 N–H and O–H groups in total. The van der Waals surface area contributed by atoms with Gasteiger partial charge in [-0.05, 0) is 13.5 Å². The fourth-order valence-electron chi connectivity index (χ4n) is 1.19. The molecule has 80 valence electrons. The summed E-state index contributed by atoms with van der Waals surface area (Å²) in [5.41, 5.74) is 0. The number of Topliss-reactive ketones (excluding diaryl/α,β-unsaturated/α-hetero) is 1. The zero-order chi connectivity index (χ0) is 11.0. The molecule has 0 saturated carbocycles. The summed E-state index contributed by atoms with van der Waals surface area (Å²) < 4.78 is 4.74. The molecule has 0 aliphatic carbocycles. The van der Waals surface area contributed by atoms with Crippen LogP contribution < -0.4 is 0 Å². The lowest BCUT2D eigenvalue weighted by Crippen LogP contribution is -2.34. The van der Waals surface area contributed by atoms with Gasteiger partial charge in [-0.15, -0.1) is 0 Å². The van der Waals surface area contributed by atoms with Crippen LogP contribution in [0.5, 0.6) is 0 Å². The summed E-state index contributed by atoms with van der Waals surface area (Å²) in [6.45, 7) is 5.77. The molecular formula is C10H18N2O2. The molecular weight excluding hydrogens is 180 g/mol. The Labute approximate surface area is 85.5 Å². The monoisotopic (exact) mass is 198 g/mol. The lowest BCUT2D eigenvalue weighted by molar-refractivity contribution is -0.123. The van der Waals surface area contributed by atoms with Crippen LogP contribution in [0, 0.1) is 17.2 Å². The van der Waals surface area contributed by atoms with Crippen LogP contribution in [0.2, 0.25) is 0 Å². The van der Waals surface area contributed by atoms with Gasteiger partial charge in [-0.1, -0.05) is 6.92 Å². The van der Waals surface area contributed by atoms with Gasteiger partial charge >= 0.3 is 0 Å². The number of carbonyl (C=O) groups is 1. The molecule has 0 spiro atoms. The first kappa shape index (κ1) is 13.1. The molecule has 0 aromatic carbocycles. The SMILES string of the molecule is CCN(CC(=O)COC)CC(C)C#N. The van der Waals surface area contributed by atoms with Gasteiger partial charge in [0.15, 0.2) is 5.78 Å². The molecule has 0 aliphatic rings. The largest absolute Gasteiger partial charge is 0.377 e. The second kappa shape index (κ2) is 7.48. The number of likely N-dealkylation sites (N-methyl/N-ethyl adjacent to an activating group) is 1. The molecule has 0 amide bonds. The van der Waals surface area contributed by atoms with Crippen molar-refractivity contribution >= 4 is 5.78 Å². The fraction of sp³-hybridized carbons (Fsp3) is 0.800. The first-order valence-electron chi connectivity index (χ1n) is 4.76. The summed E-state index contributed by atoms with van der Waals surface area (Å²) in [5, 5.41) is 8.63. The van der Waals surface area contributed by atoms with Crippen LogP contribution >= 0.6 is 0 Å². The minimum Gasteiger partial charge on any atom is -0.377 e. The zero-order valence-electron chi connectivity index (χ0n) is 9.12. The van der Waals surface area contributed by atoms with Gasteiger partial charge in [0, 0.05) is 13.7 Å². The maximum atomic E-state index is 11.2. The van der Waals surface area contributed by atoms with Crippen molar-refractivity contribution in [2.75, 3.05) is 33.4 Å². The van der Waals surface area contributed by atoms with Gasteiger partial charge in [-0.2, -0.15) is 5.26 Å². The number of rotatable bonds is 7. The van der Waals surface area contributed by atoms with Crippen molar-refractivity contribution in [3.05, 3.63) is 0 Å². The van der Waals surface area contributed by atoms with E-state index in [1.165, 1.54) is 7.11 Å². The Kier molecular flexibility index (Phi) is 6.99. The topological polar surface area (TPSA) is 53.3 Å². The van der Waals surface area contributed by atoms with E-state index in [0.29, 0.717) is 13.1 Å². The van der Waals surface area contributed by atoms with Gasteiger partial charge in [0.05, 0.1) is 18.5 Å². The van der Waals surface area contributed by atoms with Gasteiger partial charge in [0.1, 0.15) is 6.61 Å². The van der Waals surface area contributed by atoms with Gasteiger partial charge in [-0.25, -0.2) is 0 Å². The van der Waals surface area contributed by atoms with Crippen molar-refractivity contribution in [1.29, 1.82) is 5.26 Å². The average molecular weight is 198 g/mol. The first-order valence-corrected chi connectivity index (χ1v) is 4.76. The third-order valence-corrected chi connectivity index (χ3v) is 1.90. The quantitative estimate of drug-likeness (QED) is 0.603. The van der Waals surface area contributed by atoms with Crippen molar-refractivity contribution < 1.29 is 9.53 Å². The summed E-state index contributed by atoms with van der Waals surface area (Å²) >= 11 is 0. The minimum absolute atomic E-state index is 0.0368. The minimum atomic E-state index is -0.0368. The molecule has 1 atom stereocenters. The van der Waals surface area contributed by atoms with Gasteiger partial charge in [0.25, 0.3) is 0 Å². The number of carbonyl (C=O) groups excluding carboxylic acids is 1. The number of ether oxygens (including phenoxy) is 1. The van der Waals surface area contributed by atoms with Gasteiger partial charge in [0.2, 0.25) is 0 Å². The van der Waals surface area contributed by atoms with Crippen molar-refractivity contribution in [1.82, 2.24) is 4.90 Å². The highest BCUT2D eigenvalue weighted by Gasteiger charge is 2.11. The second-order valence-corrected chi connectivity index (χ2v) is 3.33. The molecule has 1 unspecified atom stereocenters. The van der Waals surface area contributed by atoms with Crippen LogP contribution in [0.4, 0.5) is 0 Å². The molecule has 0 heterocycles. The Balaban J connectivity index is 3.91. The number of nitrogens with zero attached hydrogens (tertiary/aromatic N) is 2. The highest BCUT2D eigenvalue weighted by atomic mass is 16.5. The number of hydrogen-bond acceptors (Lipinski definition) is 4. The molecule has 0 aliphatic heterocycles. The first-order chi connectivity index (χ1) is 6.63. The van der Waals surface area contributed by atoms with Crippen LogP contribution in [-0.2, 0) is 9.53 Å². The molecule has 4 nitrogen and oxygen atoms in total. The maximum absolute atomic E-state index is 11.2. The van der Waals surface area contributed by atoms with Crippen molar-refractivity contribution in [3.8, 4) is 6.07 Å². The number of hydrogen-bond donors (Lipinski definition) is 0. The van der Waals surface area contributed by atoms with E-state index >= 15 is 0 Å². The number of methoxy groups -OCH3 is 1. The predicted octanol–water partition coefficient (Wildman–Crippen LogP) is 0.683. The van der Waals surface area contributed by atoms with Crippen LogP contribution in [0.15, 0.2) is 0 Å². The van der Waals surface area contributed by atoms with Gasteiger partial charge in [-0.3, -0.25) is 9.69 Å². The van der Waals surface area contributed by atoms with Crippen LogP contribution in [0.1, 0.15) is 13.8 Å². The van der Waals surface area contributed by atoms with E-state index in [9.17, 15) is 4.79 Å². The van der Waals surface area contributed by atoms with Crippen molar-refractivity contribution in [3.63, 3.8) is 0 Å². The van der Waals surface area contributed by atoms with E-state index in [1.54, 1.807) is 0 Å². The second-order valence-electron chi connectivity index (χ2n) is 3.33. The molecule has 0 fully saturated rings. The number of ketones is 1. The lowest BCUT2D eigenvalue weighted by Gasteiger charge is -2.20. The van der Waals surface area contributed by atoms with Crippen LogP contribution in [-0.4, -0.2) is 44.0 Å². The molecule has 0 aromatic rings. The molecule has 4 heteroatoms. The number of nitriles is 1. The average Bonchev–Trinajstić information content (AvgIpc) is 2.16. The van der Waals surface area contributed by atoms with Crippen molar-refractivity contribution in [2.45, 2.75) is 13.8 Å². The Bertz CT molecular complexity index is 211. The molecule has 14 heavy (non-hydrogen) atoms. The molecule has 0 aromatic heterocycles. The van der Waals surface area contributed by atoms with Gasteiger partial charge < -0.3 is 4.74 Å². The molecule has 0 bridgehead atoms. The standard InChI is InChI=1S/C10H18N2O2/c1-4-12(6-9(2)5-11)7-10(13)8-14-3/h9H,4,6-8H2,1-3H3. The summed E-state index contributed by atoms with van der Waals surface area (Å²) in [5.74, 6) is 0.0183. The molecule has 0 rings (SSSR count). The third-order valence-electron chi connectivity index (χ3n) is 1.90. The summed E-state index contributed by atoms with van der Waals surface area (Å²) in [6, 6.07) is 2.15. The van der Waals surface area contributed by atoms with E-state index < -0.39 is 0 Å². The Morgan fingerprint density at radius 3 is 2.71 bits per heavy atom. The van der Waals surface area contributed by atoms with E-state index in [-0.39, 0.29) is 18.3 Å². The van der Waals surface area contributed by atoms with Crippen molar-refractivity contribution in [2.24, 2.45) is 5.92 Å². The normalized spacial score (nSPS) is 12.5. The Morgan fingerprint density at radius 2 is 2.29 bits per heavy atom. The summed E-state index contributed by atoms with van der Waals surface area (Å²) in [7, 11) is 1.51. The fourth-order valence-corrected chi connectivity index (χ4v) is 1.19. The van der Waals surface area contributed by atoms with Crippen LogP contribution in [0.25, 0.3) is 0 Å². The molecule has 0 radical (unpaired) electrons. The predicted molar refractivity (Wildman–Crippen MR) is 53.8 cm³/mol. The summed E-state index contributed by atoms with van der Waals surface area (Å²) in [6.07, 6.45) is 0. The lowest BCUT2D eigenvalue weighted by atomic mass is 10.2. The Morgan fingerprint density at radius 1 is 1.64 bits per heavy atom. The van der Waals surface area contributed by atoms with E-state index in [4.69, 9.17) is 10.00 Å². The highest BCUT2D eigenvalue weighted by molar-refractivity contribution is 5.81. The zero-order valence-corrected chi connectivity index (χ0v) is 9.12. The summed E-state index contributed by atoms with van der Waals surface area (Å²) in [4.78, 5) is 13.2. The molecule has 0 saturated heterocycles. The smallest absolute Gasteiger partial charge is 0.172 e.